The highest BCUT2D eigenvalue weighted by atomic mass is 79.9. The number of ketones is 1. The van der Waals surface area contributed by atoms with Crippen LogP contribution in [0.1, 0.15) is 20.8 Å². The van der Waals surface area contributed by atoms with Crippen molar-refractivity contribution in [3.05, 3.63) is 56.2 Å². The van der Waals surface area contributed by atoms with Gasteiger partial charge < -0.3 is 0 Å². The zero-order valence-electron chi connectivity index (χ0n) is 8.16. The highest BCUT2D eigenvalue weighted by Crippen LogP contribution is 2.18. The van der Waals surface area contributed by atoms with Crippen molar-refractivity contribution in [1.82, 2.24) is 0 Å². The van der Waals surface area contributed by atoms with E-state index in [-0.39, 0.29) is 5.78 Å². The van der Waals surface area contributed by atoms with Gasteiger partial charge in [-0.05, 0) is 37.3 Å². The number of carbonyl (C=O) groups is 1. The number of aryl methyl sites for hydroxylation is 1. The molecule has 0 spiro atoms. The lowest BCUT2D eigenvalue weighted by Crippen LogP contribution is -1.98. The van der Waals surface area contributed by atoms with Crippen molar-refractivity contribution in [3.63, 3.8) is 0 Å². The van der Waals surface area contributed by atoms with E-state index in [1.54, 1.807) is 11.3 Å². The van der Waals surface area contributed by atoms with Crippen LogP contribution in [0.15, 0.2) is 40.2 Å². The second kappa shape index (κ2) is 4.29. The molecule has 0 aliphatic heterocycles. The fourth-order valence-corrected chi connectivity index (χ4v) is 2.28. The van der Waals surface area contributed by atoms with Crippen molar-refractivity contribution < 1.29 is 4.79 Å². The SMILES string of the molecule is Cc1cc(C(=O)c2ccc(Br)cc2)cs1. The number of hydrogen-bond donors (Lipinski definition) is 0. The van der Waals surface area contributed by atoms with Gasteiger partial charge in [-0.3, -0.25) is 4.79 Å². The van der Waals surface area contributed by atoms with E-state index in [2.05, 4.69) is 15.9 Å². The molecule has 0 fully saturated rings. The summed E-state index contributed by atoms with van der Waals surface area (Å²) in [6, 6.07) is 9.35. The average Bonchev–Trinajstić information content (AvgIpc) is 2.65. The molecular weight excluding hydrogens is 272 g/mol. The number of benzene rings is 1. The average molecular weight is 281 g/mol. The second-order valence-corrected chi connectivity index (χ2v) is 5.31. The van der Waals surface area contributed by atoms with Gasteiger partial charge in [-0.15, -0.1) is 11.3 Å². The van der Waals surface area contributed by atoms with Crippen LogP contribution in [0.2, 0.25) is 0 Å². The van der Waals surface area contributed by atoms with E-state index in [4.69, 9.17) is 0 Å². The third-order valence-electron chi connectivity index (χ3n) is 2.10. The molecule has 0 radical (unpaired) electrons. The maximum atomic E-state index is 12.0. The summed E-state index contributed by atoms with van der Waals surface area (Å²) in [4.78, 5) is 13.1. The molecule has 0 saturated carbocycles. The summed E-state index contributed by atoms with van der Waals surface area (Å²) in [6.45, 7) is 2.00. The van der Waals surface area contributed by atoms with Crippen LogP contribution in [-0.4, -0.2) is 5.78 Å². The molecule has 76 valence electrons. The van der Waals surface area contributed by atoms with E-state index in [1.807, 2.05) is 42.6 Å². The lowest BCUT2D eigenvalue weighted by atomic mass is 10.1. The predicted octanol–water partition coefficient (Wildman–Crippen LogP) is 4.05. The van der Waals surface area contributed by atoms with E-state index in [9.17, 15) is 4.79 Å². The molecule has 1 aromatic carbocycles. The molecule has 1 heterocycles. The van der Waals surface area contributed by atoms with Crippen molar-refractivity contribution in [2.75, 3.05) is 0 Å². The molecule has 1 nitrogen and oxygen atoms in total. The van der Waals surface area contributed by atoms with Crippen molar-refractivity contribution in [1.29, 1.82) is 0 Å². The van der Waals surface area contributed by atoms with Gasteiger partial charge in [0.1, 0.15) is 0 Å². The molecule has 0 unspecified atom stereocenters. The molecule has 2 aromatic rings. The van der Waals surface area contributed by atoms with Crippen molar-refractivity contribution in [2.45, 2.75) is 6.92 Å². The summed E-state index contributed by atoms with van der Waals surface area (Å²) in [7, 11) is 0. The molecule has 1 aromatic heterocycles. The topological polar surface area (TPSA) is 17.1 Å². The number of hydrogen-bond acceptors (Lipinski definition) is 2. The third kappa shape index (κ3) is 2.36. The monoisotopic (exact) mass is 280 g/mol. The Balaban J connectivity index is 2.32. The van der Waals surface area contributed by atoms with Gasteiger partial charge in [0.25, 0.3) is 0 Å². The highest BCUT2D eigenvalue weighted by Gasteiger charge is 2.09. The minimum Gasteiger partial charge on any atom is -0.289 e. The Morgan fingerprint density at radius 3 is 2.40 bits per heavy atom. The van der Waals surface area contributed by atoms with Crippen LogP contribution in [0.3, 0.4) is 0 Å². The highest BCUT2D eigenvalue weighted by molar-refractivity contribution is 9.10. The lowest BCUT2D eigenvalue weighted by molar-refractivity contribution is 0.103. The first kappa shape index (κ1) is 10.6. The van der Waals surface area contributed by atoms with Crippen LogP contribution in [-0.2, 0) is 0 Å². The number of carbonyl (C=O) groups excluding carboxylic acids is 1. The van der Waals surface area contributed by atoms with E-state index in [0.29, 0.717) is 0 Å². The summed E-state index contributed by atoms with van der Waals surface area (Å²) in [5, 5.41) is 1.90. The minimum absolute atomic E-state index is 0.0897. The van der Waals surface area contributed by atoms with Crippen molar-refractivity contribution >= 4 is 33.0 Å². The Labute approximate surface area is 101 Å². The van der Waals surface area contributed by atoms with Crippen LogP contribution >= 0.6 is 27.3 Å². The van der Waals surface area contributed by atoms with Gasteiger partial charge in [-0.25, -0.2) is 0 Å². The molecule has 2 rings (SSSR count). The predicted molar refractivity (Wildman–Crippen MR) is 66.6 cm³/mol. The van der Waals surface area contributed by atoms with Gasteiger partial charge in [-0.1, -0.05) is 15.9 Å². The maximum absolute atomic E-state index is 12.0. The Morgan fingerprint density at radius 2 is 1.87 bits per heavy atom. The van der Waals surface area contributed by atoms with Crippen LogP contribution in [0, 0.1) is 6.92 Å². The molecule has 15 heavy (non-hydrogen) atoms. The Bertz CT molecular complexity index is 485. The van der Waals surface area contributed by atoms with Crippen LogP contribution in [0.5, 0.6) is 0 Å². The molecule has 3 heteroatoms. The standard InChI is InChI=1S/C12H9BrOS/c1-8-6-10(7-15-8)12(14)9-2-4-11(13)5-3-9/h2-7H,1H3. The van der Waals surface area contributed by atoms with Gasteiger partial charge in [0, 0.05) is 25.9 Å². The summed E-state index contributed by atoms with van der Waals surface area (Å²) in [6.07, 6.45) is 0. The normalized spacial score (nSPS) is 10.3. The van der Waals surface area contributed by atoms with E-state index in [0.717, 1.165) is 20.5 Å². The molecule has 0 atom stereocenters. The smallest absolute Gasteiger partial charge is 0.193 e. The Morgan fingerprint density at radius 1 is 1.20 bits per heavy atom. The first-order valence-electron chi connectivity index (χ1n) is 4.52. The van der Waals surface area contributed by atoms with Crippen molar-refractivity contribution in [3.8, 4) is 0 Å². The fourth-order valence-electron chi connectivity index (χ4n) is 1.33. The molecular formula is C12H9BrOS. The molecule has 0 saturated heterocycles. The summed E-state index contributed by atoms with van der Waals surface area (Å²) in [5.74, 6) is 0.0897. The van der Waals surface area contributed by atoms with E-state index < -0.39 is 0 Å². The minimum atomic E-state index is 0.0897. The zero-order chi connectivity index (χ0) is 10.8. The van der Waals surface area contributed by atoms with Crippen molar-refractivity contribution in [2.24, 2.45) is 0 Å². The van der Waals surface area contributed by atoms with Gasteiger partial charge in [0.05, 0.1) is 0 Å². The molecule has 0 bridgehead atoms. The summed E-state index contributed by atoms with van der Waals surface area (Å²) < 4.78 is 0.987. The molecule has 0 N–H and O–H groups in total. The number of thiophene rings is 1. The Kier molecular flexibility index (Phi) is 3.03. The molecule has 0 aliphatic carbocycles. The van der Waals surface area contributed by atoms with Gasteiger partial charge in [0.15, 0.2) is 5.78 Å². The molecule has 0 amide bonds. The van der Waals surface area contributed by atoms with Crippen LogP contribution in [0.25, 0.3) is 0 Å². The number of halogens is 1. The van der Waals surface area contributed by atoms with Gasteiger partial charge in [-0.2, -0.15) is 0 Å². The van der Waals surface area contributed by atoms with Crippen LogP contribution < -0.4 is 0 Å². The second-order valence-electron chi connectivity index (χ2n) is 3.28. The maximum Gasteiger partial charge on any atom is 0.193 e. The number of rotatable bonds is 2. The largest absolute Gasteiger partial charge is 0.289 e. The lowest BCUT2D eigenvalue weighted by Gasteiger charge is -1.97. The summed E-state index contributed by atoms with van der Waals surface area (Å²) >= 11 is 4.95. The fraction of sp³-hybridized carbons (Fsp3) is 0.0833. The van der Waals surface area contributed by atoms with E-state index >= 15 is 0 Å². The third-order valence-corrected chi connectivity index (χ3v) is 3.49. The Hall–Kier alpha value is -0.930. The van der Waals surface area contributed by atoms with E-state index in [1.165, 1.54) is 0 Å². The van der Waals surface area contributed by atoms with Gasteiger partial charge in [0.2, 0.25) is 0 Å². The van der Waals surface area contributed by atoms with Gasteiger partial charge >= 0.3 is 0 Å². The van der Waals surface area contributed by atoms with Crippen LogP contribution in [0.4, 0.5) is 0 Å². The summed E-state index contributed by atoms with van der Waals surface area (Å²) in [5.41, 5.74) is 1.51. The zero-order valence-corrected chi connectivity index (χ0v) is 10.6. The first-order valence-corrected chi connectivity index (χ1v) is 6.19. The quantitative estimate of drug-likeness (QED) is 0.759. The first-order chi connectivity index (χ1) is 7.16. The molecule has 0 aliphatic rings.